The third-order valence-corrected chi connectivity index (χ3v) is 1.61. The zero-order chi connectivity index (χ0) is 9.84. The largest absolute Gasteiger partial charge is 0.370 e. The van der Waals surface area contributed by atoms with E-state index in [1.807, 2.05) is 0 Å². The number of rotatable bonds is 2. The highest BCUT2D eigenvalue weighted by Gasteiger charge is 2.02. The third-order valence-electron chi connectivity index (χ3n) is 1.03. The quantitative estimate of drug-likeness (QED) is 0.243. The number of guanidine groups is 1. The van der Waals surface area contributed by atoms with E-state index in [0.717, 1.165) is 0 Å². The standard InChI is InChI=1S/C5H7N5O2S/c6-4(7)10-5-8-2-1-3(9-5)13(11)12/h1-2H,(H,11,12)(H4,6,7,8,9,10). The van der Waals surface area contributed by atoms with Gasteiger partial charge in [-0.1, -0.05) is 0 Å². The van der Waals surface area contributed by atoms with Crippen LogP contribution in [0, 0.1) is 0 Å². The Hall–Kier alpha value is -1.54. The molecular formula is C5H7N5O2S. The molecule has 1 atom stereocenters. The third kappa shape index (κ3) is 2.76. The van der Waals surface area contributed by atoms with Crippen molar-refractivity contribution in [1.82, 2.24) is 9.97 Å². The van der Waals surface area contributed by atoms with Crippen LogP contribution in [-0.2, 0) is 11.1 Å². The summed E-state index contributed by atoms with van der Waals surface area (Å²) in [7, 11) is 0. The van der Waals surface area contributed by atoms with Crippen molar-refractivity contribution < 1.29 is 8.76 Å². The fourth-order valence-corrected chi connectivity index (χ4v) is 0.936. The minimum Gasteiger partial charge on any atom is -0.370 e. The Kier molecular flexibility index (Phi) is 2.88. The predicted molar refractivity (Wildman–Crippen MR) is 46.5 cm³/mol. The minimum absolute atomic E-state index is 0.0418. The van der Waals surface area contributed by atoms with Gasteiger partial charge in [0.2, 0.25) is 11.1 Å². The van der Waals surface area contributed by atoms with Crippen LogP contribution in [0.3, 0.4) is 0 Å². The van der Waals surface area contributed by atoms with Crippen LogP contribution in [0.15, 0.2) is 22.3 Å². The zero-order valence-corrected chi connectivity index (χ0v) is 7.23. The molecule has 7 nitrogen and oxygen atoms in total. The molecular weight excluding hydrogens is 194 g/mol. The van der Waals surface area contributed by atoms with Gasteiger partial charge in [-0.25, -0.2) is 9.19 Å². The van der Waals surface area contributed by atoms with Gasteiger partial charge in [0.05, 0.1) is 0 Å². The molecule has 0 aliphatic heterocycles. The van der Waals surface area contributed by atoms with Crippen LogP contribution in [0.4, 0.5) is 5.95 Å². The van der Waals surface area contributed by atoms with Crippen LogP contribution in [0.5, 0.6) is 0 Å². The average Bonchev–Trinajstić information content (AvgIpc) is 2.03. The van der Waals surface area contributed by atoms with Crippen LogP contribution in [-0.4, -0.2) is 24.7 Å². The van der Waals surface area contributed by atoms with Crippen LogP contribution in [0.2, 0.25) is 0 Å². The van der Waals surface area contributed by atoms with Crippen LogP contribution >= 0.6 is 0 Å². The maximum absolute atomic E-state index is 10.5. The Morgan fingerprint density at radius 2 is 2.31 bits per heavy atom. The number of hydrogen-bond donors (Lipinski definition) is 3. The summed E-state index contributed by atoms with van der Waals surface area (Å²) in [5, 5.41) is -0.0463. The van der Waals surface area contributed by atoms with Crippen molar-refractivity contribution in [1.29, 1.82) is 0 Å². The lowest BCUT2D eigenvalue weighted by atomic mass is 10.7. The summed E-state index contributed by atoms with van der Waals surface area (Å²) < 4.78 is 19.2. The molecule has 0 radical (unpaired) electrons. The molecule has 0 saturated carbocycles. The molecule has 8 heteroatoms. The predicted octanol–water partition coefficient (Wildman–Crippen LogP) is -1.04. The molecule has 0 aliphatic rings. The van der Waals surface area contributed by atoms with E-state index in [2.05, 4.69) is 15.0 Å². The van der Waals surface area contributed by atoms with Gasteiger partial charge in [-0.2, -0.15) is 9.98 Å². The lowest BCUT2D eigenvalue weighted by molar-refractivity contribution is 0.560. The summed E-state index contributed by atoms with van der Waals surface area (Å²) in [5.41, 5.74) is 10.1. The maximum Gasteiger partial charge on any atom is 0.253 e. The number of nitrogens with two attached hydrogens (primary N) is 2. The minimum atomic E-state index is -2.16. The van der Waals surface area contributed by atoms with E-state index in [9.17, 15) is 4.21 Å². The van der Waals surface area contributed by atoms with Gasteiger partial charge in [0.1, 0.15) is 0 Å². The van der Waals surface area contributed by atoms with Crippen molar-refractivity contribution in [3.8, 4) is 0 Å². The summed E-state index contributed by atoms with van der Waals surface area (Å²) in [6.45, 7) is 0. The molecule has 1 heterocycles. The summed E-state index contributed by atoms with van der Waals surface area (Å²) in [5.74, 6) is -0.249. The van der Waals surface area contributed by atoms with E-state index in [-0.39, 0.29) is 16.9 Å². The molecule has 70 valence electrons. The van der Waals surface area contributed by atoms with E-state index in [1.165, 1.54) is 12.3 Å². The monoisotopic (exact) mass is 201 g/mol. The Labute approximate surface area is 76.2 Å². The topological polar surface area (TPSA) is 127 Å². The Balaban J connectivity index is 3.06. The highest BCUT2D eigenvalue weighted by molar-refractivity contribution is 7.79. The molecule has 0 fully saturated rings. The molecule has 0 aromatic carbocycles. The second kappa shape index (κ2) is 3.92. The highest BCUT2D eigenvalue weighted by Crippen LogP contribution is 2.05. The van der Waals surface area contributed by atoms with E-state index < -0.39 is 11.1 Å². The normalized spacial score (nSPS) is 12.1. The van der Waals surface area contributed by atoms with Crippen molar-refractivity contribution in [3.63, 3.8) is 0 Å². The molecule has 5 N–H and O–H groups in total. The SMILES string of the molecule is NC(N)=Nc1nccc(S(=O)O)n1. The van der Waals surface area contributed by atoms with E-state index in [4.69, 9.17) is 16.0 Å². The summed E-state index contributed by atoms with van der Waals surface area (Å²) in [6, 6.07) is 1.29. The molecule has 0 bridgehead atoms. The van der Waals surface area contributed by atoms with E-state index in [1.54, 1.807) is 0 Å². The molecule has 0 aliphatic carbocycles. The number of nitrogens with zero attached hydrogens (tertiary/aromatic N) is 3. The first kappa shape index (κ1) is 9.55. The van der Waals surface area contributed by atoms with E-state index >= 15 is 0 Å². The van der Waals surface area contributed by atoms with Crippen molar-refractivity contribution in [2.75, 3.05) is 0 Å². The Morgan fingerprint density at radius 1 is 1.62 bits per heavy atom. The Morgan fingerprint density at radius 3 is 2.85 bits per heavy atom. The first-order valence-electron chi connectivity index (χ1n) is 3.13. The second-order valence-electron chi connectivity index (χ2n) is 1.98. The van der Waals surface area contributed by atoms with Crippen LogP contribution < -0.4 is 11.5 Å². The van der Waals surface area contributed by atoms with Crippen LogP contribution in [0.25, 0.3) is 0 Å². The first-order chi connectivity index (χ1) is 6.09. The van der Waals surface area contributed by atoms with E-state index in [0.29, 0.717) is 0 Å². The van der Waals surface area contributed by atoms with Gasteiger partial charge in [-0.05, 0) is 6.07 Å². The lowest BCUT2D eigenvalue weighted by Gasteiger charge is -1.95. The fraction of sp³-hybridized carbons (Fsp3) is 0. The van der Waals surface area contributed by atoms with Gasteiger partial charge in [0.25, 0.3) is 5.95 Å². The van der Waals surface area contributed by atoms with Crippen molar-refractivity contribution >= 4 is 23.0 Å². The zero-order valence-electron chi connectivity index (χ0n) is 6.41. The maximum atomic E-state index is 10.5. The molecule has 13 heavy (non-hydrogen) atoms. The number of aromatic nitrogens is 2. The molecule has 1 aromatic rings. The lowest BCUT2D eigenvalue weighted by Crippen LogP contribution is -2.22. The number of hydrogen-bond acceptors (Lipinski definition) is 4. The van der Waals surface area contributed by atoms with Gasteiger partial charge in [0.15, 0.2) is 11.0 Å². The first-order valence-corrected chi connectivity index (χ1v) is 4.24. The van der Waals surface area contributed by atoms with Gasteiger partial charge in [-0.3, -0.25) is 0 Å². The highest BCUT2D eigenvalue weighted by atomic mass is 32.2. The molecule has 0 spiro atoms. The summed E-state index contributed by atoms with van der Waals surface area (Å²) in [6.07, 6.45) is 1.29. The molecule has 0 saturated heterocycles. The van der Waals surface area contributed by atoms with Crippen molar-refractivity contribution in [2.45, 2.75) is 5.03 Å². The molecule has 0 amide bonds. The van der Waals surface area contributed by atoms with Gasteiger partial charge in [-0.15, -0.1) is 0 Å². The van der Waals surface area contributed by atoms with Gasteiger partial charge < -0.3 is 16.0 Å². The smallest absolute Gasteiger partial charge is 0.253 e. The average molecular weight is 201 g/mol. The Bertz CT molecular complexity index is 362. The summed E-state index contributed by atoms with van der Waals surface area (Å²) in [4.78, 5) is 10.8. The van der Waals surface area contributed by atoms with Crippen LogP contribution in [0.1, 0.15) is 0 Å². The molecule has 1 unspecified atom stereocenters. The second-order valence-corrected chi connectivity index (χ2v) is 2.90. The van der Waals surface area contributed by atoms with Crippen molar-refractivity contribution in [3.05, 3.63) is 12.3 Å². The molecule has 1 rings (SSSR count). The van der Waals surface area contributed by atoms with Gasteiger partial charge in [0, 0.05) is 6.20 Å². The summed E-state index contributed by atoms with van der Waals surface area (Å²) >= 11 is -2.16. The fourth-order valence-electron chi connectivity index (χ4n) is 0.599. The van der Waals surface area contributed by atoms with Gasteiger partial charge >= 0.3 is 0 Å². The molecule has 1 aromatic heterocycles. The van der Waals surface area contributed by atoms with Crippen molar-refractivity contribution in [2.24, 2.45) is 16.5 Å². The number of aliphatic imine (C=N–C) groups is 1.